The quantitative estimate of drug-likeness (QED) is 0.231. The molecular weight excluding hydrogens is 676 g/mol. The first-order valence-electron chi connectivity index (χ1n) is 16.4. The summed E-state index contributed by atoms with van der Waals surface area (Å²) in [5, 5.41) is 10.4. The highest BCUT2D eigenvalue weighted by molar-refractivity contribution is 9.12. The highest BCUT2D eigenvalue weighted by atomic mass is 79.9. The van der Waals surface area contributed by atoms with Crippen LogP contribution in [0.1, 0.15) is 36.8 Å². The molecule has 1 N–H and O–H groups in total. The number of amides is 2. The first kappa shape index (κ1) is 32.3. The first-order chi connectivity index (χ1) is 23.2. The van der Waals surface area contributed by atoms with Crippen LogP contribution in [0.5, 0.6) is 17.2 Å². The zero-order valence-corrected chi connectivity index (χ0v) is 28.4. The standard InChI is InChI=1S/C38H37BrN2O7/c1-47-31-16-22(17-32(48-2)36(31)44)8-9-25-24-10-11-26-34(27(24)18-28-33(25)30(42)19-29(39)35(28)43)38(46)41(37(26)45)23-12-14-40(15-13-23)20-21-6-4-3-5-7-21/h3-10,16-17,19,23,25-27,34,44H,11-15,18,20H2,1-2H3. The second kappa shape index (κ2) is 13.0. The van der Waals surface area contributed by atoms with Crippen LogP contribution in [0, 0.1) is 23.7 Å². The minimum Gasteiger partial charge on any atom is -0.502 e. The fraction of sp³-hybridized carbons (Fsp3) is 0.368. The molecule has 0 bridgehead atoms. The largest absolute Gasteiger partial charge is 0.502 e. The number of phenolic OH excluding ortho intramolecular Hbond substituents is 1. The molecule has 10 heteroatoms. The van der Waals surface area contributed by atoms with E-state index in [0.29, 0.717) is 23.1 Å². The van der Waals surface area contributed by atoms with E-state index in [9.17, 15) is 24.3 Å². The van der Waals surface area contributed by atoms with Gasteiger partial charge in [-0.05, 0) is 70.8 Å². The number of rotatable bonds is 7. The Kier molecular flexibility index (Phi) is 8.72. The number of methoxy groups -OCH3 is 2. The SMILES string of the molecule is COc1cc(C=CC2C3=CCC4C(=O)N(C5CCN(Cc6ccccc6)CC5)C(=O)C4C3CC3=C2C(=O)C=C(Br)C3=O)cc(OC)c1O. The lowest BCUT2D eigenvalue weighted by Crippen LogP contribution is -2.47. The van der Waals surface area contributed by atoms with Gasteiger partial charge >= 0.3 is 0 Å². The van der Waals surface area contributed by atoms with Gasteiger partial charge in [-0.15, -0.1) is 0 Å². The van der Waals surface area contributed by atoms with Crippen LogP contribution in [0.3, 0.4) is 0 Å². The number of carbonyl (C=O) groups excluding carboxylic acids is 4. The number of Topliss-reactive ketones (excluding diaryl/α,β-unsaturated/α-hetero) is 1. The molecule has 3 aliphatic carbocycles. The molecule has 2 amide bonds. The molecule has 0 aromatic heterocycles. The molecule has 5 aliphatic rings. The normalized spacial score (nSPS) is 26.4. The number of aromatic hydroxyl groups is 1. The Morgan fingerprint density at radius 3 is 2.31 bits per heavy atom. The van der Waals surface area contributed by atoms with Crippen molar-refractivity contribution < 1.29 is 33.8 Å². The summed E-state index contributed by atoms with van der Waals surface area (Å²) in [5.74, 6) is -2.52. The lowest BCUT2D eigenvalue weighted by Gasteiger charge is -2.41. The first-order valence-corrected chi connectivity index (χ1v) is 17.1. The Morgan fingerprint density at radius 2 is 1.65 bits per heavy atom. The number of phenols is 1. The van der Waals surface area contributed by atoms with Gasteiger partial charge in [0, 0.05) is 48.8 Å². The average Bonchev–Trinajstić information content (AvgIpc) is 3.36. The van der Waals surface area contributed by atoms with Gasteiger partial charge < -0.3 is 14.6 Å². The Balaban J connectivity index is 1.18. The monoisotopic (exact) mass is 712 g/mol. The number of nitrogens with zero attached hydrogens (tertiary/aromatic N) is 2. The van der Waals surface area contributed by atoms with Gasteiger partial charge in [0.25, 0.3) is 0 Å². The molecule has 0 saturated carbocycles. The van der Waals surface area contributed by atoms with Crippen molar-refractivity contribution >= 4 is 45.4 Å². The third-order valence-corrected chi connectivity index (χ3v) is 11.2. The van der Waals surface area contributed by atoms with Crippen molar-refractivity contribution in [3.8, 4) is 17.2 Å². The number of carbonyl (C=O) groups is 4. The van der Waals surface area contributed by atoms with Crippen molar-refractivity contribution in [1.82, 2.24) is 9.80 Å². The van der Waals surface area contributed by atoms with E-state index >= 15 is 0 Å². The summed E-state index contributed by atoms with van der Waals surface area (Å²) in [6.07, 6.45) is 9.07. The lowest BCUT2D eigenvalue weighted by atomic mass is 9.61. The Hall–Kier alpha value is -4.28. The minimum absolute atomic E-state index is 0.121. The number of hydrogen-bond acceptors (Lipinski definition) is 8. The van der Waals surface area contributed by atoms with Gasteiger partial charge in [0.2, 0.25) is 17.6 Å². The van der Waals surface area contributed by atoms with E-state index in [2.05, 4.69) is 33.0 Å². The smallest absolute Gasteiger partial charge is 0.233 e. The van der Waals surface area contributed by atoms with Gasteiger partial charge in [0.1, 0.15) is 0 Å². The van der Waals surface area contributed by atoms with E-state index in [1.54, 1.807) is 23.1 Å². The number of likely N-dealkylation sites (tertiary alicyclic amines) is 2. The van der Waals surface area contributed by atoms with Gasteiger partial charge in [0.15, 0.2) is 23.1 Å². The molecule has 2 saturated heterocycles. The van der Waals surface area contributed by atoms with Crippen LogP contribution in [0.4, 0.5) is 0 Å². The maximum Gasteiger partial charge on any atom is 0.233 e. The van der Waals surface area contributed by atoms with E-state index < -0.39 is 23.7 Å². The van der Waals surface area contributed by atoms with Gasteiger partial charge in [-0.1, -0.05) is 54.1 Å². The summed E-state index contributed by atoms with van der Waals surface area (Å²) in [4.78, 5) is 59.2. The number of piperidine rings is 1. The van der Waals surface area contributed by atoms with Crippen LogP contribution < -0.4 is 9.47 Å². The van der Waals surface area contributed by atoms with Crippen molar-refractivity contribution in [2.45, 2.75) is 38.3 Å². The van der Waals surface area contributed by atoms with Crippen molar-refractivity contribution in [2.24, 2.45) is 23.7 Å². The maximum absolute atomic E-state index is 14.3. The van der Waals surface area contributed by atoms with E-state index in [0.717, 1.165) is 38.0 Å². The molecule has 2 fully saturated rings. The molecule has 2 aromatic carbocycles. The Bertz CT molecular complexity index is 1790. The van der Waals surface area contributed by atoms with Gasteiger partial charge in [0.05, 0.1) is 30.5 Å². The number of fused-ring (bicyclic) bond motifs is 3. The van der Waals surface area contributed by atoms with Crippen molar-refractivity contribution in [1.29, 1.82) is 0 Å². The third-order valence-electron chi connectivity index (χ3n) is 10.6. The fourth-order valence-corrected chi connectivity index (χ4v) is 8.71. The molecule has 7 rings (SSSR count). The second-order valence-electron chi connectivity index (χ2n) is 13.1. The lowest BCUT2D eigenvalue weighted by molar-refractivity contribution is -0.144. The predicted octanol–water partition coefficient (Wildman–Crippen LogP) is 5.38. The van der Waals surface area contributed by atoms with Crippen molar-refractivity contribution in [3.63, 3.8) is 0 Å². The van der Waals surface area contributed by atoms with Crippen LogP contribution in [-0.2, 0) is 25.7 Å². The zero-order valence-electron chi connectivity index (χ0n) is 26.9. The number of ketones is 2. The maximum atomic E-state index is 14.3. The number of imide groups is 1. The summed E-state index contributed by atoms with van der Waals surface area (Å²) in [5.41, 5.74) is 3.57. The van der Waals surface area contributed by atoms with Crippen molar-refractivity contribution in [2.75, 3.05) is 27.3 Å². The summed E-state index contributed by atoms with van der Waals surface area (Å²) >= 11 is 3.28. The molecule has 2 aliphatic heterocycles. The Morgan fingerprint density at radius 1 is 0.958 bits per heavy atom. The second-order valence-corrected chi connectivity index (χ2v) is 14.0. The average molecular weight is 714 g/mol. The van der Waals surface area contributed by atoms with Crippen LogP contribution in [0.25, 0.3) is 6.08 Å². The van der Waals surface area contributed by atoms with Crippen LogP contribution in [0.15, 0.2) is 81.9 Å². The predicted molar refractivity (Wildman–Crippen MR) is 182 cm³/mol. The molecule has 2 heterocycles. The van der Waals surface area contributed by atoms with E-state index in [1.165, 1.54) is 25.9 Å². The third kappa shape index (κ3) is 5.54. The zero-order chi connectivity index (χ0) is 33.7. The van der Waals surface area contributed by atoms with Crippen LogP contribution in [-0.4, -0.2) is 71.6 Å². The van der Waals surface area contributed by atoms with Crippen LogP contribution >= 0.6 is 15.9 Å². The Labute approximate surface area is 287 Å². The van der Waals surface area contributed by atoms with Crippen LogP contribution in [0.2, 0.25) is 0 Å². The topological polar surface area (TPSA) is 113 Å². The fourth-order valence-electron chi connectivity index (χ4n) is 8.26. The summed E-state index contributed by atoms with van der Waals surface area (Å²) in [6, 6.07) is 13.4. The van der Waals surface area contributed by atoms with Gasteiger partial charge in [-0.25, -0.2) is 0 Å². The molecule has 0 spiro atoms. The molecule has 248 valence electrons. The number of benzene rings is 2. The molecular formula is C38H37BrN2O7. The van der Waals surface area contributed by atoms with E-state index in [4.69, 9.17) is 9.47 Å². The van der Waals surface area contributed by atoms with Gasteiger partial charge in [-0.3, -0.25) is 29.0 Å². The van der Waals surface area contributed by atoms with E-state index in [1.807, 2.05) is 30.4 Å². The summed E-state index contributed by atoms with van der Waals surface area (Å²) in [7, 11) is 2.89. The highest BCUT2D eigenvalue weighted by Crippen LogP contribution is 2.53. The number of halogens is 1. The van der Waals surface area contributed by atoms with E-state index in [-0.39, 0.29) is 57.6 Å². The molecule has 48 heavy (non-hydrogen) atoms. The molecule has 4 atom stereocenters. The summed E-state index contributed by atoms with van der Waals surface area (Å²) in [6.45, 7) is 2.43. The molecule has 0 radical (unpaired) electrons. The number of allylic oxidation sites excluding steroid dienone is 7. The number of hydrogen-bond donors (Lipinski definition) is 1. The summed E-state index contributed by atoms with van der Waals surface area (Å²) < 4.78 is 10.8. The molecule has 4 unspecified atom stereocenters. The molecule has 9 nitrogen and oxygen atoms in total. The number of ether oxygens (including phenoxy) is 2. The van der Waals surface area contributed by atoms with Gasteiger partial charge in [-0.2, -0.15) is 0 Å². The highest BCUT2D eigenvalue weighted by Gasteiger charge is 2.57. The minimum atomic E-state index is -0.591. The van der Waals surface area contributed by atoms with Crippen molar-refractivity contribution in [3.05, 3.63) is 93.0 Å². The molecule has 2 aromatic rings.